The zero-order valence-electron chi connectivity index (χ0n) is 21.5. The molecule has 1 fully saturated rings. The number of fused-ring (bicyclic) bond motifs is 1. The number of para-hydroxylation sites is 1. The molecular weight excluding hydrogens is 494 g/mol. The standard InChI is InChI=1S/C28H27N9O2/c1-2-6-19-15-31-24(22-17-29-9-10-30-22)25-23(19)21(16-32-25)26(38)27(39)35-11-13-36(14-12-35)28-34-33-18-37(28)20-7-4-3-5-8-20/h3-5,7-10,15-18,32H,2,6,11-14H2,1H3. The van der Waals surface area contributed by atoms with E-state index in [2.05, 4.69) is 42.0 Å². The van der Waals surface area contributed by atoms with Crippen molar-refractivity contribution >= 4 is 28.5 Å². The third kappa shape index (κ3) is 4.52. The van der Waals surface area contributed by atoms with Gasteiger partial charge in [0.05, 0.1) is 23.0 Å². The Morgan fingerprint density at radius 2 is 1.82 bits per heavy atom. The second kappa shape index (κ2) is 10.4. The minimum Gasteiger partial charge on any atom is -0.359 e. The largest absolute Gasteiger partial charge is 0.359 e. The van der Waals surface area contributed by atoms with E-state index in [1.54, 1.807) is 42.2 Å². The molecule has 196 valence electrons. The first-order valence-corrected chi connectivity index (χ1v) is 12.9. The van der Waals surface area contributed by atoms with Gasteiger partial charge >= 0.3 is 0 Å². The Kier molecular flexibility index (Phi) is 6.54. The van der Waals surface area contributed by atoms with Gasteiger partial charge in [-0.15, -0.1) is 10.2 Å². The molecule has 1 saturated heterocycles. The average Bonchev–Trinajstić information content (AvgIpc) is 3.66. The SMILES string of the molecule is CCCc1cnc(-c2cnccn2)c2[nH]cc(C(=O)C(=O)N3CCN(c4nncn4-c4ccccc4)CC3)c12. The van der Waals surface area contributed by atoms with Crippen LogP contribution in [0.2, 0.25) is 0 Å². The van der Waals surface area contributed by atoms with Gasteiger partial charge in [0.25, 0.3) is 11.7 Å². The fourth-order valence-corrected chi connectivity index (χ4v) is 5.05. The third-order valence-electron chi connectivity index (χ3n) is 6.97. The minimum absolute atomic E-state index is 0.359. The Balaban J connectivity index is 1.23. The fraction of sp³-hybridized carbons (Fsp3) is 0.250. The molecule has 6 rings (SSSR count). The Bertz CT molecular complexity index is 1620. The highest BCUT2D eigenvalue weighted by Gasteiger charge is 2.31. The maximum absolute atomic E-state index is 13.6. The van der Waals surface area contributed by atoms with E-state index < -0.39 is 11.7 Å². The topological polar surface area (TPSA) is 126 Å². The van der Waals surface area contributed by atoms with Crippen molar-refractivity contribution in [2.75, 3.05) is 31.1 Å². The van der Waals surface area contributed by atoms with Crippen molar-refractivity contribution in [1.82, 2.24) is 39.6 Å². The highest BCUT2D eigenvalue weighted by atomic mass is 16.2. The Labute approximate surface area is 224 Å². The molecule has 0 saturated carbocycles. The van der Waals surface area contributed by atoms with Crippen molar-refractivity contribution in [3.63, 3.8) is 0 Å². The summed E-state index contributed by atoms with van der Waals surface area (Å²) in [5, 5.41) is 9.12. The number of nitrogens with one attached hydrogen (secondary N) is 1. The van der Waals surface area contributed by atoms with E-state index >= 15 is 0 Å². The number of carbonyl (C=O) groups is 2. The second-order valence-corrected chi connectivity index (χ2v) is 9.37. The molecule has 1 aliphatic heterocycles. The first-order valence-electron chi connectivity index (χ1n) is 12.9. The van der Waals surface area contributed by atoms with Crippen LogP contribution in [0.5, 0.6) is 0 Å². The molecule has 0 radical (unpaired) electrons. The lowest BCUT2D eigenvalue weighted by atomic mass is 10.00. The molecular formula is C28H27N9O2. The number of aryl methyl sites for hydroxylation is 1. The van der Waals surface area contributed by atoms with Crippen molar-refractivity contribution in [3.8, 4) is 17.1 Å². The minimum atomic E-state index is -0.532. The van der Waals surface area contributed by atoms with Gasteiger partial charge in [-0.05, 0) is 24.1 Å². The van der Waals surface area contributed by atoms with Crippen LogP contribution >= 0.6 is 0 Å². The maximum atomic E-state index is 13.6. The second-order valence-electron chi connectivity index (χ2n) is 9.37. The van der Waals surface area contributed by atoms with E-state index in [1.165, 1.54) is 0 Å². The molecule has 11 heteroatoms. The van der Waals surface area contributed by atoms with Crippen molar-refractivity contribution < 1.29 is 9.59 Å². The van der Waals surface area contributed by atoms with Crippen molar-refractivity contribution in [2.24, 2.45) is 0 Å². The number of aromatic amines is 1. The van der Waals surface area contributed by atoms with Gasteiger partial charge in [0, 0.05) is 56.4 Å². The lowest BCUT2D eigenvalue weighted by Gasteiger charge is -2.34. The molecule has 4 aromatic heterocycles. The molecule has 0 unspecified atom stereocenters. The number of carbonyl (C=O) groups excluding carboxylic acids is 2. The average molecular weight is 522 g/mol. The van der Waals surface area contributed by atoms with Gasteiger partial charge in [-0.2, -0.15) is 0 Å². The summed E-state index contributed by atoms with van der Waals surface area (Å²) in [5.74, 6) is -0.333. The number of H-pyrrole nitrogens is 1. The van der Waals surface area contributed by atoms with Gasteiger partial charge in [0.2, 0.25) is 5.95 Å². The van der Waals surface area contributed by atoms with Gasteiger partial charge in [-0.1, -0.05) is 31.5 Å². The van der Waals surface area contributed by atoms with Crippen LogP contribution in [-0.2, 0) is 11.2 Å². The zero-order valence-corrected chi connectivity index (χ0v) is 21.5. The van der Waals surface area contributed by atoms with Crippen molar-refractivity contribution in [1.29, 1.82) is 0 Å². The predicted molar refractivity (Wildman–Crippen MR) is 146 cm³/mol. The van der Waals surface area contributed by atoms with E-state index in [0.717, 1.165) is 29.5 Å². The van der Waals surface area contributed by atoms with Crippen LogP contribution in [0, 0.1) is 0 Å². The molecule has 0 spiro atoms. The molecule has 1 N–H and O–H groups in total. The number of hydrogen-bond acceptors (Lipinski definition) is 8. The lowest BCUT2D eigenvalue weighted by Crippen LogP contribution is -2.51. The number of Topliss-reactive ketones (excluding diaryl/α,β-unsaturated/α-hetero) is 1. The summed E-state index contributed by atoms with van der Waals surface area (Å²) in [4.78, 5) is 47.0. The zero-order chi connectivity index (χ0) is 26.8. The summed E-state index contributed by atoms with van der Waals surface area (Å²) < 4.78 is 1.92. The number of amides is 1. The molecule has 0 aliphatic carbocycles. The number of piperazine rings is 1. The van der Waals surface area contributed by atoms with Gasteiger partial charge in [-0.25, -0.2) is 0 Å². The monoisotopic (exact) mass is 521 g/mol. The Morgan fingerprint density at radius 3 is 2.56 bits per heavy atom. The van der Waals surface area contributed by atoms with Crippen LogP contribution < -0.4 is 4.90 Å². The third-order valence-corrected chi connectivity index (χ3v) is 6.97. The summed E-state index contributed by atoms with van der Waals surface area (Å²) in [5.41, 5.74) is 4.11. The number of benzene rings is 1. The summed E-state index contributed by atoms with van der Waals surface area (Å²) in [7, 11) is 0. The number of rotatable bonds is 7. The number of ketones is 1. The van der Waals surface area contributed by atoms with E-state index in [1.807, 2.05) is 34.9 Å². The van der Waals surface area contributed by atoms with Crippen LogP contribution in [0.3, 0.4) is 0 Å². The van der Waals surface area contributed by atoms with Gasteiger partial charge in [0.15, 0.2) is 0 Å². The van der Waals surface area contributed by atoms with Crippen molar-refractivity contribution in [2.45, 2.75) is 19.8 Å². The summed E-state index contributed by atoms with van der Waals surface area (Å²) in [6.07, 6.45) is 11.5. The van der Waals surface area contributed by atoms with Crippen LogP contribution in [0.1, 0.15) is 29.3 Å². The van der Waals surface area contributed by atoms with E-state index in [4.69, 9.17) is 0 Å². The first-order chi connectivity index (χ1) is 19.2. The van der Waals surface area contributed by atoms with Crippen molar-refractivity contribution in [3.05, 3.63) is 78.8 Å². The number of hydrogen-bond donors (Lipinski definition) is 1. The number of anilines is 1. The molecule has 1 aliphatic rings. The smallest absolute Gasteiger partial charge is 0.295 e. The lowest BCUT2D eigenvalue weighted by molar-refractivity contribution is -0.126. The van der Waals surface area contributed by atoms with Crippen LogP contribution in [0.15, 0.2) is 67.6 Å². The van der Waals surface area contributed by atoms with E-state index in [-0.39, 0.29) is 0 Å². The summed E-state index contributed by atoms with van der Waals surface area (Å²) in [6.45, 7) is 3.96. The van der Waals surface area contributed by atoms with Crippen LogP contribution in [0.4, 0.5) is 5.95 Å². The molecule has 39 heavy (non-hydrogen) atoms. The predicted octanol–water partition coefficient (Wildman–Crippen LogP) is 3.08. The molecule has 0 atom stereocenters. The van der Waals surface area contributed by atoms with Gasteiger partial charge in [-0.3, -0.25) is 29.1 Å². The molecule has 5 heterocycles. The Hall–Kier alpha value is -4.93. The van der Waals surface area contributed by atoms with Gasteiger partial charge < -0.3 is 14.8 Å². The van der Waals surface area contributed by atoms with Gasteiger partial charge in [0.1, 0.15) is 17.7 Å². The van der Waals surface area contributed by atoms with Crippen LogP contribution in [-0.4, -0.2) is 77.5 Å². The fourth-order valence-electron chi connectivity index (χ4n) is 5.05. The molecule has 0 bridgehead atoms. The maximum Gasteiger partial charge on any atom is 0.295 e. The highest BCUT2D eigenvalue weighted by Crippen LogP contribution is 2.31. The van der Waals surface area contributed by atoms with E-state index in [0.29, 0.717) is 54.6 Å². The first kappa shape index (κ1) is 24.4. The molecule has 1 amide bonds. The number of nitrogens with zero attached hydrogens (tertiary/aromatic N) is 8. The molecule has 5 aromatic rings. The summed E-state index contributed by atoms with van der Waals surface area (Å²) >= 11 is 0. The highest BCUT2D eigenvalue weighted by molar-refractivity contribution is 6.45. The normalized spacial score (nSPS) is 13.7. The Morgan fingerprint density at radius 1 is 1.00 bits per heavy atom. The number of aromatic nitrogens is 7. The molecule has 1 aromatic carbocycles. The van der Waals surface area contributed by atoms with E-state index in [9.17, 15) is 9.59 Å². The quantitative estimate of drug-likeness (QED) is 0.256. The molecule has 11 nitrogen and oxygen atoms in total. The number of pyridine rings is 1. The summed E-state index contributed by atoms with van der Waals surface area (Å²) in [6, 6.07) is 9.87. The van der Waals surface area contributed by atoms with Crippen LogP contribution in [0.25, 0.3) is 28.0 Å².